The summed E-state index contributed by atoms with van der Waals surface area (Å²) < 4.78 is 14.0. The van der Waals surface area contributed by atoms with Gasteiger partial charge in [0.05, 0.1) is 5.56 Å². The molecule has 3 rings (SSSR count). The Hall–Kier alpha value is -1.86. The highest BCUT2D eigenvalue weighted by Gasteiger charge is 2.23. The third-order valence-electron chi connectivity index (χ3n) is 4.60. The lowest BCUT2D eigenvalue weighted by Crippen LogP contribution is -2.33. The molecule has 0 aromatic heterocycles. The van der Waals surface area contributed by atoms with Crippen molar-refractivity contribution in [1.29, 1.82) is 0 Å². The molecular weight excluding hydrogens is 347 g/mol. The van der Waals surface area contributed by atoms with Crippen LogP contribution in [0, 0.1) is 11.7 Å². The van der Waals surface area contributed by atoms with Crippen molar-refractivity contribution in [2.75, 3.05) is 37.6 Å². The summed E-state index contributed by atoms with van der Waals surface area (Å²) in [5.74, 6) is -0.448. The normalized spacial score (nSPS) is 20.0. The maximum Gasteiger partial charge on any atom is 0.321 e. The molecule has 2 aliphatic rings. The quantitative estimate of drug-likeness (QED) is 0.741. The maximum atomic E-state index is 14.0. The molecule has 2 heterocycles. The molecule has 2 saturated heterocycles. The SMILES string of the molecule is Cl.O=C(NCCC1CCCNC1)c1cc(N2CCNC2=O)ccc1F. The van der Waals surface area contributed by atoms with Crippen LogP contribution < -0.4 is 20.9 Å². The Morgan fingerprint density at radius 3 is 2.88 bits per heavy atom. The standard InChI is InChI=1S/C17H23FN4O2.ClH/c18-15-4-3-13(22-9-8-21-17(22)24)10-14(15)16(23)20-7-5-12-2-1-6-19-11-12;/h3-4,10,12,19H,1-2,5-9,11H2,(H,20,23)(H,21,24);1H. The molecule has 0 spiro atoms. The fraction of sp³-hybridized carbons (Fsp3) is 0.529. The first kappa shape index (κ1) is 19.5. The van der Waals surface area contributed by atoms with E-state index < -0.39 is 11.7 Å². The van der Waals surface area contributed by atoms with Gasteiger partial charge in [0, 0.05) is 25.3 Å². The lowest BCUT2D eigenvalue weighted by Gasteiger charge is -2.22. The number of halogens is 2. The summed E-state index contributed by atoms with van der Waals surface area (Å²) in [6, 6.07) is 3.97. The van der Waals surface area contributed by atoms with Crippen molar-refractivity contribution in [3.8, 4) is 0 Å². The van der Waals surface area contributed by atoms with E-state index in [1.807, 2.05) is 0 Å². The molecule has 0 aliphatic carbocycles. The summed E-state index contributed by atoms with van der Waals surface area (Å²) in [6.07, 6.45) is 3.21. The summed E-state index contributed by atoms with van der Waals surface area (Å²) in [6.45, 7) is 3.63. The molecule has 1 aromatic carbocycles. The van der Waals surface area contributed by atoms with Gasteiger partial charge < -0.3 is 16.0 Å². The topological polar surface area (TPSA) is 73.5 Å². The summed E-state index contributed by atoms with van der Waals surface area (Å²) in [7, 11) is 0. The molecule has 0 saturated carbocycles. The Balaban J connectivity index is 0.00000225. The fourth-order valence-corrected chi connectivity index (χ4v) is 3.23. The largest absolute Gasteiger partial charge is 0.352 e. The summed E-state index contributed by atoms with van der Waals surface area (Å²) >= 11 is 0. The second-order valence-corrected chi connectivity index (χ2v) is 6.30. The van der Waals surface area contributed by atoms with Crippen molar-refractivity contribution >= 4 is 30.0 Å². The minimum Gasteiger partial charge on any atom is -0.352 e. The minimum atomic E-state index is -0.574. The predicted molar refractivity (Wildman–Crippen MR) is 96.9 cm³/mol. The van der Waals surface area contributed by atoms with Gasteiger partial charge in [0.15, 0.2) is 0 Å². The number of nitrogens with one attached hydrogen (secondary N) is 3. The van der Waals surface area contributed by atoms with Gasteiger partial charge in [-0.1, -0.05) is 0 Å². The van der Waals surface area contributed by atoms with Gasteiger partial charge in [-0.2, -0.15) is 0 Å². The number of amides is 3. The van der Waals surface area contributed by atoms with Gasteiger partial charge >= 0.3 is 6.03 Å². The van der Waals surface area contributed by atoms with Crippen molar-refractivity contribution in [1.82, 2.24) is 16.0 Å². The van der Waals surface area contributed by atoms with Crippen LogP contribution in [0.5, 0.6) is 0 Å². The third-order valence-corrected chi connectivity index (χ3v) is 4.60. The highest BCUT2D eigenvalue weighted by molar-refractivity contribution is 5.98. The van der Waals surface area contributed by atoms with Gasteiger partial charge in [-0.3, -0.25) is 9.69 Å². The van der Waals surface area contributed by atoms with E-state index in [-0.39, 0.29) is 24.0 Å². The van der Waals surface area contributed by atoms with E-state index in [9.17, 15) is 14.0 Å². The highest BCUT2D eigenvalue weighted by Crippen LogP contribution is 2.21. The second kappa shape index (κ2) is 9.01. The van der Waals surface area contributed by atoms with Gasteiger partial charge in [0.1, 0.15) is 5.82 Å². The van der Waals surface area contributed by atoms with E-state index in [1.54, 1.807) is 0 Å². The minimum absolute atomic E-state index is 0. The Bertz CT molecular complexity index is 623. The van der Waals surface area contributed by atoms with Crippen LogP contribution in [0.25, 0.3) is 0 Å². The van der Waals surface area contributed by atoms with Crippen LogP contribution in [0.15, 0.2) is 18.2 Å². The van der Waals surface area contributed by atoms with Crippen LogP contribution in [0.2, 0.25) is 0 Å². The van der Waals surface area contributed by atoms with Gasteiger partial charge in [0.25, 0.3) is 5.91 Å². The van der Waals surface area contributed by atoms with Crippen LogP contribution in [-0.4, -0.2) is 44.7 Å². The number of piperidine rings is 1. The Morgan fingerprint density at radius 1 is 1.36 bits per heavy atom. The Labute approximate surface area is 152 Å². The van der Waals surface area contributed by atoms with Crippen LogP contribution in [0.1, 0.15) is 29.6 Å². The fourth-order valence-electron chi connectivity index (χ4n) is 3.23. The number of hydrogen-bond acceptors (Lipinski definition) is 3. The van der Waals surface area contributed by atoms with E-state index in [0.29, 0.717) is 31.2 Å². The van der Waals surface area contributed by atoms with E-state index >= 15 is 0 Å². The molecular formula is C17H24ClFN4O2. The average molecular weight is 371 g/mol. The second-order valence-electron chi connectivity index (χ2n) is 6.30. The molecule has 2 fully saturated rings. The smallest absolute Gasteiger partial charge is 0.321 e. The predicted octanol–water partition coefficient (Wildman–Crippen LogP) is 1.90. The molecule has 2 aliphatic heterocycles. The number of urea groups is 1. The van der Waals surface area contributed by atoms with E-state index in [4.69, 9.17) is 0 Å². The molecule has 1 atom stereocenters. The van der Waals surface area contributed by atoms with Gasteiger partial charge in [0.2, 0.25) is 0 Å². The number of rotatable bonds is 5. The maximum absolute atomic E-state index is 14.0. The molecule has 1 aromatic rings. The van der Waals surface area contributed by atoms with E-state index in [2.05, 4.69) is 16.0 Å². The highest BCUT2D eigenvalue weighted by atomic mass is 35.5. The van der Waals surface area contributed by atoms with E-state index in [0.717, 1.165) is 32.4 Å². The lowest BCUT2D eigenvalue weighted by molar-refractivity contribution is 0.0946. The molecule has 25 heavy (non-hydrogen) atoms. The van der Waals surface area contributed by atoms with Crippen molar-refractivity contribution in [3.63, 3.8) is 0 Å². The zero-order valence-electron chi connectivity index (χ0n) is 14.0. The Morgan fingerprint density at radius 2 is 2.20 bits per heavy atom. The Kier molecular flexibility index (Phi) is 7.01. The van der Waals surface area contributed by atoms with Crippen LogP contribution >= 0.6 is 12.4 Å². The van der Waals surface area contributed by atoms with Crippen LogP contribution in [0.4, 0.5) is 14.9 Å². The van der Waals surface area contributed by atoms with Gasteiger partial charge in [-0.15, -0.1) is 12.4 Å². The van der Waals surface area contributed by atoms with Crippen molar-refractivity contribution in [3.05, 3.63) is 29.6 Å². The van der Waals surface area contributed by atoms with Crippen molar-refractivity contribution in [2.45, 2.75) is 19.3 Å². The first-order valence-electron chi connectivity index (χ1n) is 8.49. The molecule has 1 unspecified atom stereocenters. The lowest BCUT2D eigenvalue weighted by atomic mass is 9.96. The molecule has 8 heteroatoms. The zero-order chi connectivity index (χ0) is 16.9. The molecule has 0 radical (unpaired) electrons. The average Bonchev–Trinajstić information content (AvgIpc) is 3.02. The number of carbonyl (C=O) groups is 2. The number of carbonyl (C=O) groups excluding carboxylic acids is 2. The van der Waals surface area contributed by atoms with Gasteiger partial charge in [-0.05, 0) is 56.5 Å². The van der Waals surface area contributed by atoms with Crippen LogP contribution in [0.3, 0.4) is 0 Å². The third kappa shape index (κ3) is 4.83. The van der Waals surface area contributed by atoms with Crippen molar-refractivity contribution in [2.24, 2.45) is 5.92 Å². The number of hydrogen-bond donors (Lipinski definition) is 3. The first-order chi connectivity index (χ1) is 11.6. The first-order valence-corrected chi connectivity index (χ1v) is 8.49. The molecule has 138 valence electrons. The molecule has 6 nitrogen and oxygen atoms in total. The van der Waals surface area contributed by atoms with Crippen molar-refractivity contribution < 1.29 is 14.0 Å². The zero-order valence-corrected chi connectivity index (χ0v) is 14.8. The summed E-state index contributed by atoms with van der Waals surface area (Å²) in [5.41, 5.74) is 0.516. The summed E-state index contributed by atoms with van der Waals surface area (Å²) in [4.78, 5) is 25.5. The van der Waals surface area contributed by atoms with E-state index in [1.165, 1.54) is 23.1 Å². The summed E-state index contributed by atoms with van der Waals surface area (Å²) in [5, 5.41) is 8.82. The molecule has 3 amide bonds. The monoisotopic (exact) mass is 370 g/mol. The molecule has 0 bridgehead atoms. The van der Waals surface area contributed by atoms with Gasteiger partial charge in [-0.25, -0.2) is 9.18 Å². The molecule has 3 N–H and O–H groups in total. The number of nitrogens with zero attached hydrogens (tertiary/aromatic N) is 1. The number of benzene rings is 1. The van der Waals surface area contributed by atoms with Crippen LogP contribution in [-0.2, 0) is 0 Å². The number of anilines is 1.